The lowest BCUT2D eigenvalue weighted by Gasteiger charge is -2.06. The van der Waals surface area contributed by atoms with Crippen molar-refractivity contribution in [2.45, 2.75) is 32.8 Å². The van der Waals surface area contributed by atoms with Crippen LogP contribution < -0.4 is 0 Å². The molecule has 0 N–H and O–H groups in total. The van der Waals surface area contributed by atoms with E-state index in [0.29, 0.717) is 0 Å². The fourth-order valence-corrected chi connectivity index (χ4v) is 1.09. The average Bonchev–Trinajstić information content (AvgIpc) is 2.30. The Hall–Kier alpha value is -0.970. The predicted molar refractivity (Wildman–Crippen MR) is 38.1 cm³/mol. The van der Waals surface area contributed by atoms with E-state index in [4.69, 9.17) is 10.00 Å². The third-order valence-corrected chi connectivity index (χ3v) is 1.79. The van der Waals surface area contributed by atoms with Crippen molar-refractivity contribution in [2.75, 3.05) is 0 Å². The maximum atomic E-state index is 8.56. The molecule has 0 aromatic carbocycles. The molecule has 0 aromatic rings. The molecule has 0 saturated carbocycles. The van der Waals surface area contributed by atoms with Crippen LogP contribution in [0, 0.1) is 11.3 Å². The molecule has 1 rings (SSSR count). The molecule has 0 aliphatic carbocycles. The lowest BCUT2D eigenvalue weighted by atomic mass is 10.1. The van der Waals surface area contributed by atoms with Gasteiger partial charge in [0.15, 0.2) is 0 Å². The van der Waals surface area contributed by atoms with E-state index in [1.807, 2.05) is 6.92 Å². The molecule has 0 amide bonds. The highest BCUT2D eigenvalue weighted by molar-refractivity contribution is 5.27. The fraction of sp³-hybridized carbons (Fsp3) is 0.625. The van der Waals surface area contributed by atoms with E-state index in [1.54, 1.807) is 0 Å². The number of hydrogen-bond acceptors (Lipinski definition) is 2. The molecule has 1 heterocycles. The highest BCUT2D eigenvalue weighted by Gasteiger charge is 2.20. The monoisotopic (exact) mass is 137 g/mol. The van der Waals surface area contributed by atoms with Crippen molar-refractivity contribution < 1.29 is 4.74 Å². The topological polar surface area (TPSA) is 33.0 Å². The SMILES string of the molecule is CCC1CC(C#N)=C(C)O1. The highest BCUT2D eigenvalue weighted by atomic mass is 16.5. The summed E-state index contributed by atoms with van der Waals surface area (Å²) in [5.41, 5.74) is 0.812. The fourth-order valence-electron chi connectivity index (χ4n) is 1.09. The summed E-state index contributed by atoms with van der Waals surface area (Å²) in [6.07, 6.45) is 2.05. The number of nitrogens with zero attached hydrogens (tertiary/aromatic N) is 1. The van der Waals surface area contributed by atoms with Gasteiger partial charge in [-0.2, -0.15) is 5.26 Å². The van der Waals surface area contributed by atoms with E-state index in [0.717, 1.165) is 24.2 Å². The minimum Gasteiger partial charge on any atom is -0.494 e. The molecular formula is C8H11NO. The maximum absolute atomic E-state index is 8.56. The van der Waals surface area contributed by atoms with Crippen LogP contribution in [0.4, 0.5) is 0 Å². The molecule has 0 saturated heterocycles. The Morgan fingerprint density at radius 3 is 2.80 bits per heavy atom. The van der Waals surface area contributed by atoms with E-state index < -0.39 is 0 Å². The van der Waals surface area contributed by atoms with Crippen molar-refractivity contribution >= 4 is 0 Å². The summed E-state index contributed by atoms with van der Waals surface area (Å²) in [4.78, 5) is 0. The van der Waals surface area contributed by atoms with E-state index in [1.165, 1.54) is 0 Å². The van der Waals surface area contributed by atoms with Gasteiger partial charge < -0.3 is 4.74 Å². The molecular weight excluding hydrogens is 126 g/mol. The van der Waals surface area contributed by atoms with Crippen molar-refractivity contribution in [3.63, 3.8) is 0 Å². The summed E-state index contributed by atoms with van der Waals surface area (Å²) in [5, 5.41) is 8.56. The Morgan fingerprint density at radius 1 is 1.80 bits per heavy atom. The molecule has 0 bridgehead atoms. The first kappa shape index (κ1) is 7.14. The number of nitriles is 1. The smallest absolute Gasteiger partial charge is 0.107 e. The Bertz CT molecular complexity index is 200. The summed E-state index contributed by atoms with van der Waals surface area (Å²) in [7, 11) is 0. The van der Waals surface area contributed by atoms with Gasteiger partial charge in [0.2, 0.25) is 0 Å². The average molecular weight is 137 g/mol. The van der Waals surface area contributed by atoms with E-state index in [-0.39, 0.29) is 6.10 Å². The molecule has 1 aliphatic rings. The third-order valence-electron chi connectivity index (χ3n) is 1.79. The predicted octanol–water partition coefficient (Wildman–Crippen LogP) is 1.98. The van der Waals surface area contributed by atoms with E-state index in [2.05, 4.69) is 13.0 Å². The molecule has 54 valence electrons. The maximum Gasteiger partial charge on any atom is 0.107 e. The van der Waals surface area contributed by atoms with E-state index in [9.17, 15) is 0 Å². The molecule has 1 atom stereocenters. The Morgan fingerprint density at radius 2 is 2.50 bits per heavy atom. The van der Waals surface area contributed by atoms with Gasteiger partial charge in [0, 0.05) is 6.42 Å². The number of hydrogen-bond donors (Lipinski definition) is 0. The van der Waals surface area contributed by atoms with Crippen LogP contribution in [0.1, 0.15) is 26.7 Å². The van der Waals surface area contributed by atoms with Crippen molar-refractivity contribution in [3.8, 4) is 6.07 Å². The zero-order chi connectivity index (χ0) is 7.56. The standard InChI is InChI=1S/C8H11NO/c1-3-8-4-7(5-9)6(2)10-8/h8H,3-4H2,1-2H3. The molecule has 0 aromatic heterocycles. The second-order valence-electron chi connectivity index (χ2n) is 2.50. The second kappa shape index (κ2) is 2.74. The molecule has 0 fully saturated rings. The molecule has 1 unspecified atom stereocenters. The van der Waals surface area contributed by atoms with Crippen molar-refractivity contribution in [1.82, 2.24) is 0 Å². The van der Waals surface area contributed by atoms with Crippen molar-refractivity contribution in [3.05, 3.63) is 11.3 Å². The minimum atomic E-state index is 0.259. The number of ether oxygens (including phenoxy) is 1. The van der Waals surface area contributed by atoms with Gasteiger partial charge in [0.05, 0.1) is 11.6 Å². The quantitative estimate of drug-likeness (QED) is 0.553. The summed E-state index contributed by atoms with van der Waals surface area (Å²) >= 11 is 0. The molecule has 2 heteroatoms. The first-order valence-corrected chi connectivity index (χ1v) is 3.54. The first-order chi connectivity index (χ1) is 4.77. The molecule has 1 aliphatic heterocycles. The van der Waals surface area contributed by atoms with Crippen LogP contribution in [0.3, 0.4) is 0 Å². The van der Waals surface area contributed by atoms with Gasteiger partial charge >= 0.3 is 0 Å². The van der Waals surface area contributed by atoms with Gasteiger partial charge in [-0.3, -0.25) is 0 Å². The van der Waals surface area contributed by atoms with Crippen LogP contribution in [-0.4, -0.2) is 6.10 Å². The summed E-state index contributed by atoms with van der Waals surface area (Å²) in [6, 6.07) is 2.13. The van der Waals surface area contributed by atoms with Crippen LogP contribution in [0.5, 0.6) is 0 Å². The van der Waals surface area contributed by atoms with Gasteiger partial charge in [0.25, 0.3) is 0 Å². The zero-order valence-corrected chi connectivity index (χ0v) is 6.35. The Balaban J connectivity index is 2.61. The number of rotatable bonds is 1. The number of allylic oxidation sites excluding steroid dienone is 1. The van der Waals surface area contributed by atoms with Crippen molar-refractivity contribution in [1.29, 1.82) is 5.26 Å². The first-order valence-electron chi connectivity index (χ1n) is 3.54. The van der Waals surface area contributed by atoms with Crippen LogP contribution in [0.2, 0.25) is 0 Å². The van der Waals surface area contributed by atoms with Crippen LogP contribution in [0.15, 0.2) is 11.3 Å². The molecule has 0 spiro atoms. The minimum absolute atomic E-state index is 0.259. The summed E-state index contributed by atoms with van der Waals surface area (Å²) in [5.74, 6) is 0.814. The molecule has 2 nitrogen and oxygen atoms in total. The Kier molecular flexibility index (Phi) is 1.96. The summed E-state index contributed by atoms with van der Waals surface area (Å²) < 4.78 is 5.37. The van der Waals surface area contributed by atoms with Crippen molar-refractivity contribution in [2.24, 2.45) is 0 Å². The third kappa shape index (κ3) is 1.13. The zero-order valence-electron chi connectivity index (χ0n) is 6.35. The van der Waals surface area contributed by atoms with Crippen LogP contribution in [-0.2, 0) is 4.74 Å². The van der Waals surface area contributed by atoms with Gasteiger partial charge in [0.1, 0.15) is 11.9 Å². The van der Waals surface area contributed by atoms with Crippen LogP contribution in [0.25, 0.3) is 0 Å². The Labute approximate surface area is 61.1 Å². The van der Waals surface area contributed by atoms with Gasteiger partial charge in [-0.1, -0.05) is 6.92 Å². The largest absolute Gasteiger partial charge is 0.494 e. The lowest BCUT2D eigenvalue weighted by Crippen LogP contribution is -2.02. The molecule has 10 heavy (non-hydrogen) atoms. The normalized spacial score (nSPS) is 24.3. The molecule has 0 radical (unpaired) electrons. The highest BCUT2D eigenvalue weighted by Crippen LogP contribution is 2.25. The lowest BCUT2D eigenvalue weighted by molar-refractivity contribution is 0.141. The summed E-state index contributed by atoms with van der Waals surface area (Å²) in [6.45, 7) is 3.92. The van der Waals surface area contributed by atoms with Crippen LogP contribution >= 0.6 is 0 Å². The second-order valence-corrected chi connectivity index (χ2v) is 2.50. The van der Waals surface area contributed by atoms with Gasteiger partial charge in [-0.25, -0.2) is 0 Å². The van der Waals surface area contributed by atoms with Gasteiger partial charge in [-0.15, -0.1) is 0 Å². The van der Waals surface area contributed by atoms with Gasteiger partial charge in [-0.05, 0) is 13.3 Å². The van der Waals surface area contributed by atoms with E-state index >= 15 is 0 Å².